The summed E-state index contributed by atoms with van der Waals surface area (Å²) in [6.45, 7) is 3.03. The zero-order valence-corrected chi connectivity index (χ0v) is 17.7. The summed E-state index contributed by atoms with van der Waals surface area (Å²) in [5.41, 5.74) is -2.52. The van der Waals surface area contributed by atoms with Gasteiger partial charge in [-0.25, -0.2) is 0 Å². The van der Waals surface area contributed by atoms with Crippen molar-refractivity contribution in [2.75, 3.05) is 11.5 Å². The lowest BCUT2D eigenvalue weighted by molar-refractivity contribution is -0.137. The molecule has 0 radical (unpaired) electrons. The number of carboxylic acids is 1. The third kappa shape index (κ3) is 12.4. The molecule has 0 saturated carbocycles. The number of carbonyl (C=O) groups excluding carboxylic acids is 1. The molecule has 0 unspecified atom stereocenters. The van der Waals surface area contributed by atoms with Gasteiger partial charge in [0.05, 0.1) is 12.1 Å². The molecule has 150 valence electrons. The Morgan fingerprint density at radius 1 is 1.00 bits per heavy atom. The molecule has 9 heteroatoms. The second-order valence-corrected chi connectivity index (χ2v) is 8.32. The van der Waals surface area contributed by atoms with Gasteiger partial charge in [0.2, 0.25) is 0 Å². The zero-order chi connectivity index (χ0) is 20.8. The van der Waals surface area contributed by atoms with Gasteiger partial charge in [0, 0.05) is 18.6 Å². The summed E-state index contributed by atoms with van der Waals surface area (Å²) >= 11 is 5.43. The van der Waals surface area contributed by atoms with Gasteiger partial charge in [-0.2, -0.15) is 33.4 Å². The summed E-state index contributed by atoms with van der Waals surface area (Å²) in [6.07, 6.45) is 4.45. The van der Waals surface area contributed by atoms with Crippen molar-refractivity contribution in [3.8, 4) is 12.1 Å². The van der Waals surface area contributed by atoms with Gasteiger partial charge in [0.1, 0.15) is 0 Å². The normalized spacial score (nSPS) is 15.4. The maximum absolute atomic E-state index is 12.0. The number of carbonyl (C=O) groups is 2. The van der Waals surface area contributed by atoms with Crippen molar-refractivity contribution in [1.82, 2.24) is 0 Å². The number of hydrogen-bond acceptors (Lipinski definition) is 8. The number of unbranched alkanes of at least 4 members (excludes halogenated alkanes) is 3. The highest BCUT2D eigenvalue weighted by atomic mass is 32.2. The minimum atomic E-state index is -1.30. The van der Waals surface area contributed by atoms with Crippen molar-refractivity contribution >= 4 is 35.5 Å². The first-order valence-electron chi connectivity index (χ1n) is 8.95. The minimum absolute atomic E-state index is 0.00580. The van der Waals surface area contributed by atoms with Crippen LogP contribution in [0.5, 0.6) is 0 Å². The van der Waals surface area contributed by atoms with Crippen molar-refractivity contribution in [3.05, 3.63) is 0 Å². The SMILES string of the molecule is C[C@](C#N)(CCC(=O)O)/N=N/[C@@](C)(C#N)CCC(=O)SCCCCCCS. The Morgan fingerprint density at radius 2 is 1.52 bits per heavy atom. The monoisotopic (exact) mass is 412 g/mol. The molecule has 0 saturated heterocycles. The van der Waals surface area contributed by atoms with Crippen LogP contribution in [0.25, 0.3) is 0 Å². The van der Waals surface area contributed by atoms with E-state index in [2.05, 4.69) is 22.9 Å². The second-order valence-electron chi connectivity index (χ2n) is 6.72. The molecule has 0 fully saturated rings. The van der Waals surface area contributed by atoms with E-state index in [1.54, 1.807) is 6.92 Å². The average Bonchev–Trinajstić information content (AvgIpc) is 2.66. The fourth-order valence-electron chi connectivity index (χ4n) is 2.00. The highest BCUT2D eigenvalue weighted by molar-refractivity contribution is 8.13. The first-order valence-corrected chi connectivity index (χ1v) is 10.6. The van der Waals surface area contributed by atoms with Crippen LogP contribution >= 0.6 is 24.4 Å². The average molecular weight is 413 g/mol. The number of nitriles is 2. The van der Waals surface area contributed by atoms with Crippen molar-refractivity contribution in [2.24, 2.45) is 10.2 Å². The Morgan fingerprint density at radius 3 is 2.00 bits per heavy atom. The summed E-state index contributed by atoms with van der Waals surface area (Å²) in [7, 11) is 0. The molecule has 0 amide bonds. The van der Waals surface area contributed by atoms with Crippen LogP contribution in [0, 0.1) is 22.7 Å². The predicted molar refractivity (Wildman–Crippen MR) is 109 cm³/mol. The van der Waals surface area contributed by atoms with Crippen LogP contribution in [-0.4, -0.2) is 38.8 Å². The van der Waals surface area contributed by atoms with E-state index in [0.717, 1.165) is 37.2 Å². The molecule has 0 aliphatic heterocycles. The maximum Gasteiger partial charge on any atom is 0.303 e. The van der Waals surface area contributed by atoms with Gasteiger partial charge in [-0.15, -0.1) is 0 Å². The highest BCUT2D eigenvalue weighted by Crippen LogP contribution is 2.24. The number of aliphatic carboxylic acids is 1. The van der Waals surface area contributed by atoms with Crippen LogP contribution in [-0.2, 0) is 9.59 Å². The molecule has 7 nitrogen and oxygen atoms in total. The van der Waals surface area contributed by atoms with Gasteiger partial charge < -0.3 is 5.11 Å². The number of rotatable bonds is 14. The molecule has 2 atom stereocenters. The standard InChI is InChI=1S/C18H28N4O3S2/c1-17(13-19,9-7-15(23)24)21-22-18(2,14-20)10-8-16(25)27-12-6-4-3-5-11-26/h26H,3-12H2,1-2H3,(H,23,24)/b22-21+/t17-,18-/m1/s1. The van der Waals surface area contributed by atoms with E-state index in [4.69, 9.17) is 5.11 Å². The number of thioether (sulfide) groups is 1. The number of hydrogen-bond donors (Lipinski definition) is 2. The van der Waals surface area contributed by atoms with Crippen molar-refractivity contribution in [3.63, 3.8) is 0 Å². The molecule has 0 aromatic rings. The molecule has 0 aliphatic carbocycles. The van der Waals surface area contributed by atoms with Crippen LogP contribution in [0.15, 0.2) is 10.2 Å². The molecule has 27 heavy (non-hydrogen) atoms. The summed E-state index contributed by atoms with van der Waals surface area (Å²) in [6, 6.07) is 3.97. The Labute approximate surface area is 171 Å². The van der Waals surface area contributed by atoms with E-state index in [1.165, 1.54) is 18.7 Å². The third-order valence-corrected chi connectivity index (χ3v) is 5.27. The van der Waals surface area contributed by atoms with Crippen LogP contribution in [0.3, 0.4) is 0 Å². The molecule has 0 aliphatic rings. The van der Waals surface area contributed by atoms with E-state index < -0.39 is 17.0 Å². The number of thiol groups is 1. The van der Waals surface area contributed by atoms with E-state index in [-0.39, 0.29) is 30.8 Å². The highest BCUT2D eigenvalue weighted by Gasteiger charge is 2.29. The van der Waals surface area contributed by atoms with Gasteiger partial charge in [-0.3, -0.25) is 9.59 Å². The first kappa shape index (κ1) is 25.4. The Bertz CT molecular complexity index is 600. The Balaban J connectivity index is 4.50. The predicted octanol–water partition coefficient (Wildman–Crippen LogP) is 4.40. The molecular weight excluding hydrogens is 384 g/mol. The molecule has 0 aromatic carbocycles. The van der Waals surface area contributed by atoms with Crippen LogP contribution in [0.4, 0.5) is 0 Å². The molecule has 1 N–H and O–H groups in total. The molecule has 0 spiro atoms. The topological polar surface area (TPSA) is 127 Å². The van der Waals surface area contributed by atoms with Gasteiger partial charge in [0.25, 0.3) is 0 Å². The minimum Gasteiger partial charge on any atom is -0.481 e. The summed E-state index contributed by atoms with van der Waals surface area (Å²) in [5, 5.41) is 35.3. The largest absolute Gasteiger partial charge is 0.481 e. The van der Waals surface area contributed by atoms with Crippen molar-refractivity contribution in [2.45, 2.75) is 76.3 Å². The summed E-state index contributed by atoms with van der Waals surface area (Å²) in [5.74, 6) is 0.620. The van der Waals surface area contributed by atoms with Gasteiger partial charge in [-0.1, -0.05) is 24.6 Å². The fourth-order valence-corrected chi connectivity index (χ4v) is 3.04. The Hall–Kier alpha value is -1.58. The first-order chi connectivity index (χ1) is 12.7. The maximum atomic E-state index is 12.0. The van der Waals surface area contributed by atoms with Crippen LogP contribution in [0.1, 0.15) is 65.2 Å². The van der Waals surface area contributed by atoms with E-state index in [0.29, 0.717) is 0 Å². The van der Waals surface area contributed by atoms with Crippen LogP contribution < -0.4 is 0 Å². The number of nitrogens with zero attached hydrogens (tertiary/aromatic N) is 4. The van der Waals surface area contributed by atoms with E-state index >= 15 is 0 Å². The van der Waals surface area contributed by atoms with E-state index in [1.807, 2.05) is 12.1 Å². The quantitative estimate of drug-likeness (QED) is 0.247. The van der Waals surface area contributed by atoms with E-state index in [9.17, 15) is 20.1 Å². The van der Waals surface area contributed by atoms with Gasteiger partial charge in [-0.05, 0) is 45.3 Å². The van der Waals surface area contributed by atoms with Crippen LogP contribution in [0.2, 0.25) is 0 Å². The van der Waals surface area contributed by atoms with Crippen molar-refractivity contribution < 1.29 is 14.7 Å². The van der Waals surface area contributed by atoms with Gasteiger partial charge in [0.15, 0.2) is 16.2 Å². The van der Waals surface area contributed by atoms with Gasteiger partial charge >= 0.3 is 5.97 Å². The lowest BCUT2D eigenvalue weighted by Crippen LogP contribution is -2.25. The molecule has 0 aromatic heterocycles. The second kappa shape index (κ2) is 13.6. The fraction of sp³-hybridized carbons (Fsp3) is 0.778. The smallest absolute Gasteiger partial charge is 0.303 e. The zero-order valence-electron chi connectivity index (χ0n) is 16.0. The lowest BCUT2D eigenvalue weighted by Gasteiger charge is -2.18. The number of azo groups is 1. The molecule has 0 heterocycles. The lowest BCUT2D eigenvalue weighted by atomic mass is 9.98. The summed E-state index contributed by atoms with van der Waals surface area (Å²) < 4.78 is 0. The molecule has 0 bridgehead atoms. The third-order valence-electron chi connectivity index (χ3n) is 3.93. The summed E-state index contributed by atoms with van der Waals surface area (Å²) in [4.78, 5) is 22.7. The Kier molecular flexibility index (Phi) is 12.8. The molecule has 0 rings (SSSR count). The molecular formula is C18H28N4O3S2. The number of carboxylic acid groups (broad SMARTS) is 1. The van der Waals surface area contributed by atoms with Crippen molar-refractivity contribution in [1.29, 1.82) is 10.5 Å².